The third kappa shape index (κ3) is 8.14. The first-order valence-electron chi connectivity index (χ1n) is 13.5. The van der Waals surface area contributed by atoms with Crippen molar-refractivity contribution in [1.29, 1.82) is 0 Å². The van der Waals surface area contributed by atoms with Crippen LogP contribution in [0.5, 0.6) is 0 Å². The second-order valence-corrected chi connectivity index (χ2v) is 10.2. The Hall–Kier alpha value is -5.30. The van der Waals surface area contributed by atoms with E-state index in [4.69, 9.17) is 5.11 Å². The molecule has 0 aromatic heterocycles. The van der Waals surface area contributed by atoms with E-state index >= 15 is 0 Å². The molecule has 1 aliphatic heterocycles. The number of rotatable bonds is 11. The van der Waals surface area contributed by atoms with Crippen molar-refractivity contribution in [2.24, 2.45) is 0 Å². The molecular weight excluding hydrogens is 558 g/mol. The quantitative estimate of drug-likeness (QED) is 0.164. The van der Waals surface area contributed by atoms with Crippen LogP contribution in [-0.2, 0) is 33.6 Å². The maximum atomic E-state index is 13.4. The van der Waals surface area contributed by atoms with Gasteiger partial charge in [0.15, 0.2) is 0 Å². The molecule has 0 aliphatic carbocycles. The molecule has 3 amide bonds. The molecule has 0 radical (unpaired) electrons. The Kier molecular flexibility index (Phi) is 9.68. The largest absolute Gasteiger partial charge is 0.481 e. The number of likely N-dealkylation sites (N-methyl/N-ethyl adjacent to an activating group) is 1. The lowest BCUT2D eigenvalue weighted by Crippen LogP contribution is -2.49. The van der Waals surface area contributed by atoms with Gasteiger partial charge in [-0.25, -0.2) is 9.59 Å². The monoisotopic (exact) mass is 589 g/mol. The fourth-order valence-corrected chi connectivity index (χ4v) is 4.91. The van der Waals surface area contributed by atoms with Crippen molar-refractivity contribution in [2.75, 3.05) is 24.2 Å². The number of hydrogen-bond acceptors (Lipinski definition) is 7. The van der Waals surface area contributed by atoms with Crippen molar-refractivity contribution in [3.8, 4) is 0 Å². The van der Waals surface area contributed by atoms with Crippen molar-refractivity contribution >= 4 is 40.9 Å². The van der Waals surface area contributed by atoms with Crippen LogP contribution in [0, 0.1) is 10.1 Å². The summed E-state index contributed by atoms with van der Waals surface area (Å²) in [6.45, 7) is 0.527. The topological polar surface area (TPSA) is 191 Å². The second-order valence-electron chi connectivity index (χ2n) is 10.2. The third-order valence-corrected chi connectivity index (χ3v) is 7.16. The normalized spacial score (nSPS) is 15.0. The average Bonchev–Trinajstić information content (AvgIpc) is 2.96. The van der Waals surface area contributed by atoms with E-state index in [0.717, 1.165) is 11.1 Å². The zero-order chi connectivity index (χ0) is 31.1. The number of nitrogens with zero attached hydrogens (tertiary/aromatic N) is 2. The lowest BCUT2D eigenvalue weighted by Gasteiger charge is -2.34. The molecule has 3 aromatic rings. The number of nitrogens with one attached hydrogen (secondary N) is 3. The summed E-state index contributed by atoms with van der Waals surface area (Å²) in [6.07, 6.45) is 1.02. The van der Waals surface area contributed by atoms with Gasteiger partial charge in [-0.1, -0.05) is 30.3 Å². The lowest BCUT2D eigenvalue weighted by atomic mass is 9.91. The van der Waals surface area contributed by atoms with Gasteiger partial charge in [0.25, 0.3) is 5.69 Å². The van der Waals surface area contributed by atoms with Crippen molar-refractivity contribution in [1.82, 2.24) is 10.2 Å². The summed E-state index contributed by atoms with van der Waals surface area (Å²) >= 11 is 0. The van der Waals surface area contributed by atoms with Crippen LogP contribution < -0.4 is 16.0 Å². The smallest absolute Gasteiger partial charge is 0.326 e. The van der Waals surface area contributed by atoms with Gasteiger partial charge in [0.1, 0.15) is 12.1 Å². The number of nitro groups is 1. The van der Waals surface area contributed by atoms with E-state index in [1.54, 1.807) is 49.5 Å². The number of amides is 3. The van der Waals surface area contributed by atoms with Crippen LogP contribution in [0.4, 0.5) is 21.9 Å². The molecule has 1 aliphatic rings. The van der Waals surface area contributed by atoms with E-state index in [9.17, 15) is 34.4 Å². The first-order valence-corrected chi connectivity index (χ1v) is 13.5. The molecule has 0 saturated carbocycles. The van der Waals surface area contributed by atoms with E-state index in [0.29, 0.717) is 41.9 Å². The Labute approximate surface area is 246 Å². The van der Waals surface area contributed by atoms with Gasteiger partial charge in [-0.05, 0) is 66.4 Å². The zero-order valence-corrected chi connectivity index (χ0v) is 23.3. The zero-order valence-electron chi connectivity index (χ0n) is 23.3. The number of fused-ring (bicyclic) bond motifs is 1. The highest BCUT2D eigenvalue weighted by Crippen LogP contribution is 2.31. The Morgan fingerprint density at radius 3 is 2.21 bits per heavy atom. The van der Waals surface area contributed by atoms with Crippen molar-refractivity contribution in [2.45, 2.75) is 37.8 Å². The molecule has 0 bridgehead atoms. The SMILES string of the molecule is CN1CCc2cc(NC(=O)Nc3ccc([N+](=O)[O-])cc3)ccc2C1C(=O)NC(Cc1ccc(CCC(=O)O)cc1)C(=O)O. The van der Waals surface area contributed by atoms with Gasteiger partial charge in [0.2, 0.25) is 5.91 Å². The molecule has 13 nitrogen and oxygen atoms in total. The number of carboxylic acid groups (broad SMARTS) is 2. The second kappa shape index (κ2) is 13.6. The minimum atomic E-state index is -1.18. The summed E-state index contributed by atoms with van der Waals surface area (Å²) in [5.41, 5.74) is 3.79. The number of aryl methyl sites for hydroxylation is 1. The molecule has 2 unspecified atom stereocenters. The molecule has 5 N–H and O–H groups in total. The van der Waals surface area contributed by atoms with E-state index in [-0.39, 0.29) is 18.5 Å². The maximum Gasteiger partial charge on any atom is 0.326 e. The van der Waals surface area contributed by atoms with Crippen LogP contribution in [0.25, 0.3) is 0 Å². The highest BCUT2D eigenvalue weighted by atomic mass is 16.6. The van der Waals surface area contributed by atoms with E-state index in [2.05, 4.69) is 16.0 Å². The first kappa shape index (κ1) is 30.7. The van der Waals surface area contributed by atoms with Gasteiger partial charge in [0, 0.05) is 42.9 Å². The van der Waals surface area contributed by atoms with Crippen molar-refractivity contribution in [3.63, 3.8) is 0 Å². The van der Waals surface area contributed by atoms with Crippen molar-refractivity contribution < 1.29 is 34.3 Å². The first-order chi connectivity index (χ1) is 20.5. The molecule has 2 atom stereocenters. The summed E-state index contributed by atoms with van der Waals surface area (Å²) < 4.78 is 0. The molecule has 224 valence electrons. The Morgan fingerprint density at radius 1 is 0.953 bits per heavy atom. The number of carbonyl (C=O) groups excluding carboxylic acids is 2. The number of hydrogen-bond donors (Lipinski definition) is 5. The van der Waals surface area contributed by atoms with Gasteiger partial charge in [0.05, 0.1) is 4.92 Å². The molecule has 3 aromatic carbocycles. The van der Waals surface area contributed by atoms with Crippen LogP contribution in [0.3, 0.4) is 0 Å². The summed E-state index contributed by atoms with van der Waals surface area (Å²) in [7, 11) is 1.78. The summed E-state index contributed by atoms with van der Waals surface area (Å²) in [4.78, 5) is 60.9. The molecular formula is C30H31N5O8. The number of aliphatic carboxylic acids is 2. The number of carboxylic acids is 2. The number of carbonyl (C=O) groups is 4. The van der Waals surface area contributed by atoms with E-state index in [1.807, 2.05) is 4.90 Å². The molecule has 13 heteroatoms. The molecule has 43 heavy (non-hydrogen) atoms. The number of urea groups is 1. The van der Waals surface area contributed by atoms with Crippen LogP contribution in [0.2, 0.25) is 0 Å². The van der Waals surface area contributed by atoms with Crippen molar-refractivity contribution in [3.05, 3.63) is 99.1 Å². The molecule has 0 fully saturated rings. The highest BCUT2D eigenvalue weighted by molar-refractivity contribution is 6.00. The molecule has 1 heterocycles. The Balaban J connectivity index is 1.41. The fraction of sp³-hybridized carbons (Fsp3) is 0.267. The lowest BCUT2D eigenvalue weighted by molar-refractivity contribution is -0.384. The molecule has 4 rings (SSSR count). The van der Waals surface area contributed by atoms with Gasteiger partial charge in [-0.15, -0.1) is 0 Å². The summed E-state index contributed by atoms with van der Waals surface area (Å²) in [5.74, 6) is -2.55. The minimum Gasteiger partial charge on any atom is -0.481 e. The van der Waals surface area contributed by atoms with Crippen LogP contribution in [-0.4, -0.2) is 63.5 Å². The Morgan fingerprint density at radius 2 is 1.58 bits per heavy atom. The van der Waals surface area contributed by atoms with E-state index < -0.39 is 40.9 Å². The third-order valence-electron chi connectivity index (χ3n) is 7.16. The van der Waals surface area contributed by atoms with Gasteiger partial charge in [-0.3, -0.25) is 24.6 Å². The standard InChI is InChI=1S/C30H31N5O8/c1-34-15-14-20-17-22(32-30(41)31-21-7-10-23(11-8-21)35(42)43)9-12-24(20)27(34)28(38)33-25(29(39)40)16-19-4-2-18(3-5-19)6-13-26(36)37/h2-5,7-12,17,25,27H,6,13-16H2,1H3,(H,33,38)(H,36,37)(H,39,40)(H2,31,32,41). The van der Waals surface area contributed by atoms with Gasteiger partial charge < -0.3 is 26.2 Å². The van der Waals surface area contributed by atoms with Crippen LogP contribution in [0.15, 0.2) is 66.7 Å². The Bertz CT molecular complexity index is 1520. The van der Waals surface area contributed by atoms with Gasteiger partial charge in [-0.2, -0.15) is 0 Å². The summed E-state index contributed by atoms with van der Waals surface area (Å²) in [6, 6.07) is 15.0. The molecule has 0 saturated heterocycles. The maximum absolute atomic E-state index is 13.4. The highest BCUT2D eigenvalue weighted by Gasteiger charge is 2.33. The number of nitro benzene ring substituents is 1. The predicted octanol–water partition coefficient (Wildman–Crippen LogP) is 3.60. The fourth-order valence-electron chi connectivity index (χ4n) is 4.91. The minimum absolute atomic E-state index is 0.00351. The number of benzene rings is 3. The van der Waals surface area contributed by atoms with Crippen LogP contribution in [0.1, 0.15) is 34.7 Å². The average molecular weight is 590 g/mol. The van der Waals surface area contributed by atoms with Crippen LogP contribution >= 0.6 is 0 Å². The number of anilines is 2. The summed E-state index contributed by atoms with van der Waals surface area (Å²) in [5, 5.41) is 37.5. The molecule has 0 spiro atoms. The predicted molar refractivity (Wildman–Crippen MR) is 157 cm³/mol. The van der Waals surface area contributed by atoms with Gasteiger partial charge >= 0.3 is 18.0 Å². The van der Waals surface area contributed by atoms with E-state index in [1.165, 1.54) is 24.3 Å². The number of non-ortho nitro benzene ring substituents is 1.